The third-order valence-electron chi connectivity index (χ3n) is 7.54. The standard InChI is InChI=1S/C30H38N10O10.C2HF3O2/c1-40(14-18-13-33-26-24(35-18)25(31)38-30(32)39-26)19-7-4-16(5-8-19)27(44)37-21(29(47)48)9-11-22(42)34-17(15-50-49)6-10-23(43)36-20(28(45)46)3-2-12-41;3-2(4,5)1(6)7/h4-5,7-8,12-13,17,20-21,49H,2-3,6,9-11,14-15H2,1H3,(H,34,42)(H,36,43)(H,37,44)(H,45,46)(H,47,48)(H4,31,32,33,38,39);(H,6,7)/t17-,20-,21-;/m0./s1. The van der Waals surface area contributed by atoms with E-state index in [0.29, 0.717) is 29.7 Å². The summed E-state index contributed by atoms with van der Waals surface area (Å²) in [5.74, 6) is -7.36. The van der Waals surface area contributed by atoms with E-state index >= 15 is 0 Å². The first kappa shape index (κ1) is 46.4. The van der Waals surface area contributed by atoms with Crippen LogP contribution in [0, 0.1) is 0 Å². The summed E-state index contributed by atoms with van der Waals surface area (Å²) in [6.45, 7) is -0.0980. The number of halogens is 3. The van der Waals surface area contributed by atoms with Crippen molar-refractivity contribution < 1.29 is 72.2 Å². The molecule has 3 aromatic rings. The molecule has 11 N–H and O–H groups in total. The molecule has 22 nitrogen and oxygen atoms in total. The molecular weight excluding hydrogens is 773 g/mol. The van der Waals surface area contributed by atoms with Gasteiger partial charge in [0.05, 0.1) is 24.5 Å². The topological polar surface area (TPSA) is 353 Å². The minimum absolute atomic E-state index is 0.0163. The number of carboxylic acid groups (broad SMARTS) is 3. The number of hydrogen-bond acceptors (Lipinski definition) is 16. The van der Waals surface area contributed by atoms with E-state index in [1.807, 2.05) is 4.90 Å². The van der Waals surface area contributed by atoms with Crippen LogP contribution in [0.3, 0.4) is 0 Å². The maximum Gasteiger partial charge on any atom is 0.490 e. The highest BCUT2D eigenvalue weighted by Gasteiger charge is 2.38. The molecule has 0 bridgehead atoms. The molecule has 0 aliphatic heterocycles. The Morgan fingerprint density at radius 1 is 0.877 bits per heavy atom. The van der Waals surface area contributed by atoms with Crippen molar-refractivity contribution >= 4 is 70.5 Å². The molecule has 2 heterocycles. The summed E-state index contributed by atoms with van der Waals surface area (Å²) in [4.78, 5) is 103. The Bertz CT molecular complexity index is 1900. The number of aldehydes is 1. The van der Waals surface area contributed by atoms with Gasteiger partial charge < -0.3 is 52.4 Å². The van der Waals surface area contributed by atoms with Crippen LogP contribution in [0.15, 0.2) is 30.5 Å². The fraction of sp³-hybridized carbons (Fsp3) is 0.406. The zero-order chi connectivity index (χ0) is 42.9. The number of nitrogen functional groups attached to an aromatic ring is 2. The third kappa shape index (κ3) is 15.9. The van der Waals surface area contributed by atoms with Gasteiger partial charge in [-0.15, -0.1) is 0 Å². The number of nitrogens with one attached hydrogen (secondary N) is 3. The molecule has 57 heavy (non-hydrogen) atoms. The molecule has 0 aliphatic rings. The van der Waals surface area contributed by atoms with E-state index in [2.05, 4.69) is 40.8 Å². The second-order valence-corrected chi connectivity index (χ2v) is 11.9. The van der Waals surface area contributed by atoms with Crippen molar-refractivity contribution in [1.82, 2.24) is 35.9 Å². The lowest BCUT2D eigenvalue weighted by Gasteiger charge is -2.20. The van der Waals surface area contributed by atoms with Crippen LogP contribution in [0.1, 0.15) is 54.6 Å². The lowest BCUT2D eigenvalue weighted by molar-refractivity contribution is -0.246. The molecule has 0 radical (unpaired) electrons. The molecule has 0 unspecified atom stereocenters. The number of hydrogen-bond donors (Lipinski definition) is 9. The number of alkyl halides is 3. The number of nitrogens with two attached hydrogens (primary N) is 2. The molecule has 3 amide bonds. The van der Waals surface area contributed by atoms with Crippen molar-refractivity contribution in [2.24, 2.45) is 0 Å². The maximum absolute atomic E-state index is 12.9. The van der Waals surface area contributed by atoms with E-state index in [9.17, 15) is 52.2 Å². The van der Waals surface area contributed by atoms with Crippen LogP contribution >= 0.6 is 0 Å². The monoisotopic (exact) mass is 812 g/mol. The number of carbonyl (C=O) groups excluding carboxylic acids is 4. The van der Waals surface area contributed by atoms with Gasteiger partial charge in [0.1, 0.15) is 25.0 Å². The number of benzene rings is 1. The average molecular weight is 813 g/mol. The highest BCUT2D eigenvalue weighted by atomic mass is 19.4. The Kier molecular flexibility index (Phi) is 17.9. The van der Waals surface area contributed by atoms with Crippen LogP contribution in [0.25, 0.3) is 11.2 Å². The van der Waals surface area contributed by atoms with Crippen LogP contribution in [0.4, 0.5) is 30.6 Å². The summed E-state index contributed by atoms with van der Waals surface area (Å²) in [7, 11) is 1.79. The Morgan fingerprint density at radius 3 is 2.02 bits per heavy atom. The van der Waals surface area contributed by atoms with Crippen LogP contribution < -0.4 is 32.3 Å². The molecule has 25 heteroatoms. The van der Waals surface area contributed by atoms with E-state index in [-0.39, 0.29) is 61.5 Å². The highest BCUT2D eigenvalue weighted by Crippen LogP contribution is 2.19. The second-order valence-electron chi connectivity index (χ2n) is 11.9. The summed E-state index contributed by atoms with van der Waals surface area (Å²) in [6.07, 6.45) is -4.13. The largest absolute Gasteiger partial charge is 0.490 e. The van der Waals surface area contributed by atoms with Crippen molar-refractivity contribution in [1.29, 1.82) is 0 Å². The summed E-state index contributed by atoms with van der Waals surface area (Å²) in [5.41, 5.74) is 13.5. The van der Waals surface area contributed by atoms with Crippen LogP contribution in [-0.4, -0.2) is 120 Å². The number of aliphatic carboxylic acids is 3. The van der Waals surface area contributed by atoms with Gasteiger partial charge >= 0.3 is 24.1 Å². The number of carbonyl (C=O) groups is 7. The van der Waals surface area contributed by atoms with Gasteiger partial charge in [-0.05, 0) is 43.5 Å². The Labute approximate surface area is 319 Å². The van der Waals surface area contributed by atoms with E-state index in [0.717, 1.165) is 0 Å². The number of carboxylic acids is 3. The summed E-state index contributed by atoms with van der Waals surface area (Å²) in [5, 5.41) is 42.0. The van der Waals surface area contributed by atoms with Gasteiger partial charge in [-0.2, -0.15) is 23.1 Å². The summed E-state index contributed by atoms with van der Waals surface area (Å²) < 4.78 is 31.7. The number of anilines is 3. The number of fused-ring (bicyclic) bond motifs is 1. The first-order valence-electron chi connectivity index (χ1n) is 16.5. The normalized spacial score (nSPS) is 12.5. The number of aromatic nitrogens is 4. The smallest absolute Gasteiger partial charge is 0.480 e. The number of amides is 3. The first-order chi connectivity index (χ1) is 26.7. The number of rotatable bonds is 20. The highest BCUT2D eigenvalue weighted by molar-refractivity contribution is 5.97. The molecule has 2 aromatic heterocycles. The molecule has 0 aliphatic carbocycles. The Hall–Kier alpha value is -6.76. The fourth-order valence-electron chi connectivity index (χ4n) is 4.69. The van der Waals surface area contributed by atoms with Crippen molar-refractivity contribution in [3.05, 3.63) is 41.7 Å². The zero-order valence-electron chi connectivity index (χ0n) is 29.9. The molecule has 0 saturated carbocycles. The van der Waals surface area contributed by atoms with E-state index < -0.39 is 66.5 Å². The van der Waals surface area contributed by atoms with Gasteiger partial charge in [-0.1, -0.05) is 0 Å². The molecule has 3 atom stereocenters. The lowest BCUT2D eigenvalue weighted by atomic mass is 10.1. The SMILES string of the molecule is CN(Cc1cnc2nc(N)nc(N)c2n1)c1ccc(C(=O)N[C@@H](CCC(=O)N[C@@H](CCC(=O)N[C@@H](CCC=O)C(=O)O)COO)C(=O)O)cc1.O=C(O)C(F)(F)F. The number of nitrogens with zero attached hydrogens (tertiary/aromatic N) is 5. The van der Waals surface area contributed by atoms with Crippen molar-refractivity contribution in [3.63, 3.8) is 0 Å². The molecular formula is C32H39F3N10O12. The molecule has 0 spiro atoms. The van der Waals surface area contributed by atoms with Crippen LogP contribution in [-0.2, 0) is 40.2 Å². The first-order valence-corrected chi connectivity index (χ1v) is 16.5. The van der Waals surface area contributed by atoms with Crippen LogP contribution in [0.2, 0.25) is 0 Å². The zero-order valence-corrected chi connectivity index (χ0v) is 29.9. The van der Waals surface area contributed by atoms with E-state index in [4.69, 9.17) is 26.6 Å². The summed E-state index contributed by atoms with van der Waals surface area (Å²) in [6, 6.07) is 2.74. The van der Waals surface area contributed by atoms with Crippen molar-refractivity contribution in [3.8, 4) is 0 Å². The lowest BCUT2D eigenvalue weighted by Crippen LogP contribution is -2.44. The van der Waals surface area contributed by atoms with Crippen molar-refractivity contribution in [2.75, 3.05) is 30.0 Å². The van der Waals surface area contributed by atoms with E-state index in [1.54, 1.807) is 19.2 Å². The van der Waals surface area contributed by atoms with Gasteiger partial charge in [0.15, 0.2) is 17.0 Å². The molecule has 310 valence electrons. The van der Waals surface area contributed by atoms with E-state index in [1.165, 1.54) is 18.3 Å². The average Bonchev–Trinajstić information content (AvgIpc) is 3.13. The molecule has 1 aromatic carbocycles. The van der Waals surface area contributed by atoms with Gasteiger partial charge in [0, 0.05) is 37.6 Å². The molecule has 0 fully saturated rings. The van der Waals surface area contributed by atoms with Gasteiger partial charge in [-0.25, -0.2) is 29.2 Å². The predicted octanol–water partition coefficient (Wildman–Crippen LogP) is 0.120. The fourth-order valence-corrected chi connectivity index (χ4v) is 4.69. The predicted molar refractivity (Wildman–Crippen MR) is 189 cm³/mol. The minimum atomic E-state index is -5.08. The van der Waals surface area contributed by atoms with Gasteiger partial charge in [0.2, 0.25) is 17.8 Å². The maximum atomic E-state index is 12.9. The Morgan fingerprint density at radius 2 is 1.46 bits per heavy atom. The van der Waals surface area contributed by atoms with Crippen LogP contribution in [0.5, 0.6) is 0 Å². The van der Waals surface area contributed by atoms with Gasteiger partial charge in [-0.3, -0.25) is 19.6 Å². The van der Waals surface area contributed by atoms with Gasteiger partial charge in [0.25, 0.3) is 5.91 Å². The summed E-state index contributed by atoms with van der Waals surface area (Å²) >= 11 is 0. The minimum Gasteiger partial charge on any atom is -0.480 e. The quantitative estimate of drug-likeness (QED) is 0.0415. The third-order valence-corrected chi connectivity index (χ3v) is 7.54. The Balaban J connectivity index is 0.00000146. The van der Waals surface area contributed by atoms with Crippen molar-refractivity contribution in [2.45, 2.75) is 69.4 Å². The molecule has 0 saturated heterocycles. The second kappa shape index (κ2) is 22.0. The molecule has 3 rings (SSSR count).